The Balaban J connectivity index is 2.65. The summed E-state index contributed by atoms with van der Waals surface area (Å²) < 4.78 is 0. The van der Waals surface area contributed by atoms with E-state index in [1.54, 1.807) is 13.2 Å². The molecule has 0 aromatic carbocycles. The fraction of sp³-hybridized carbons (Fsp3) is 0.667. The summed E-state index contributed by atoms with van der Waals surface area (Å²) in [7, 11) is 0. The maximum Gasteiger partial charge on any atom is 0.243 e. The molecule has 1 heterocycles. The third-order valence-corrected chi connectivity index (χ3v) is 3.15. The quantitative estimate of drug-likeness (QED) is 0.639. The molecule has 1 saturated heterocycles. The van der Waals surface area contributed by atoms with Crippen LogP contribution in [0.25, 0.3) is 0 Å². The van der Waals surface area contributed by atoms with Gasteiger partial charge in [-0.05, 0) is 6.26 Å². The highest BCUT2D eigenvalue weighted by Gasteiger charge is 2.38. The van der Waals surface area contributed by atoms with Crippen LogP contribution in [0.15, 0.2) is 0 Å². The zero-order chi connectivity index (χ0) is 10.7. The maximum absolute atomic E-state index is 11.5. The van der Waals surface area contributed by atoms with Crippen molar-refractivity contribution in [3.63, 3.8) is 0 Å². The molecule has 4 nitrogen and oxygen atoms in total. The van der Waals surface area contributed by atoms with Crippen molar-refractivity contribution in [2.45, 2.75) is 25.0 Å². The maximum atomic E-state index is 11.5. The fourth-order valence-electron chi connectivity index (χ4n) is 1.29. The van der Waals surface area contributed by atoms with Crippen LogP contribution >= 0.6 is 11.8 Å². The molecule has 0 saturated carbocycles. The van der Waals surface area contributed by atoms with Crippen LogP contribution in [-0.4, -0.2) is 40.5 Å². The highest BCUT2D eigenvalue weighted by Crippen LogP contribution is 2.22. The Morgan fingerprint density at radius 1 is 1.57 bits per heavy atom. The smallest absolute Gasteiger partial charge is 0.243 e. The number of carbonyl (C=O) groups excluding carboxylic acids is 3. The number of hydrogen-bond acceptors (Lipinski definition) is 4. The average Bonchev–Trinajstić information content (AvgIpc) is 2.44. The molecule has 1 rings (SSSR count). The van der Waals surface area contributed by atoms with Crippen LogP contribution in [0.1, 0.15) is 19.8 Å². The molecule has 1 fully saturated rings. The van der Waals surface area contributed by atoms with E-state index >= 15 is 0 Å². The number of amides is 2. The van der Waals surface area contributed by atoms with Crippen molar-refractivity contribution in [1.82, 2.24) is 4.90 Å². The number of thioether (sulfide) groups is 1. The van der Waals surface area contributed by atoms with Gasteiger partial charge in [0.25, 0.3) is 0 Å². The van der Waals surface area contributed by atoms with Gasteiger partial charge in [-0.3, -0.25) is 19.3 Å². The summed E-state index contributed by atoms with van der Waals surface area (Å²) in [6.45, 7) is 1.67. The fourth-order valence-corrected chi connectivity index (χ4v) is 1.93. The molecule has 1 unspecified atom stereocenters. The number of Topliss-reactive ketones (excluding diaryl/α,β-unsaturated/α-hetero) is 1. The first kappa shape index (κ1) is 11.2. The first-order valence-electron chi connectivity index (χ1n) is 4.48. The number of rotatable bonds is 4. The Labute approximate surface area is 87.0 Å². The monoisotopic (exact) mass is 215 g/mol. The summed E-state index contributed by atoms with van der Waals surface area (Å²) in [5.41, 5.74) is 0. The highest BCUT2D eigenvalue weighted by molar-refractivity contribution is 8.00. The summed E-state index contributed by atoms with van der Waals surface area (Å²) in [6.07, 6.45) is 2.39. The van der Waals surface area contributed by atoms with Crippen molar-refractivity contribution in [1.29, 1.82) is 0 Å². The summed E-state index contributed by atoms with van der Waals surface area (Å²) in [5.74, 6) is -0.520. The number of hydrogen-bond donors (Lipinski definition) is 0. The Morgan fingerprint density at radius 2 is 2.21 bits per heavy atom. The van der Waals surface area contributed by atoms with Crippen LogP contribution < -0.4 is 0 Å². The Hall–Kier alpha value is -0.840. The largest absolute Gasteiger partial charge is 0.298 e. The van der Waals surface area contributed by atoms with Gasteiger partial charge in [0, 0.05) is 12.8 Å². The SMILES string of the molecule is CCC(=O)CN1C(=O)CC(SC)C1=O. The molecule has 78 valence electrons. The number of ketones is 1. The Kier molecular flexibility index (Phi) is 3.69. The van der Waals surface area contributed by atoms with Gasteiger partial charge in [0.2, 0.25) is 11.8 Å². The van der Waals surface area contributed by atoms with Crippen molar-refractivity contribution < 1.29 is 14.4 Å². The minimum Gasteiger partial charge on any atom is -0.298 e. The van der Waals surface area contributed by atoms with Crippen molar-refractivity contribution in [2.75, 3.05) is 12.8 Å². The van der Waals surface area contributed by atoms with Crippen LogP contribution in [0.4, 0.5) is 0 Å². The van der Waals surface area contributed by atoms with E-state index in [0.29, 0.717) is 6.42 Å². The topological polar surface area (TPSA) is 54.5 Å². The average molecular weight is 215 g/mol. The second-order valence-corrected chi connectivity index (χ2v) is 4.18. The number of nitrogens with zero attached hydrogens (tertiary/aromatic N) is 1. The lowest BCUT2D eigenvalue weighted by atomic mass is 10.3. The van der Waals surface area contributed by atoms with Gasteiger partial charge in [0.15, 0.2) is 5.78 Å². The molecule has 1 aliphatic heterocycles. The van der Waals surface area contributed by atoms with Gasteiger partial charge < -0.3 is 0 Å². The van der Waals surface area contributed by atoms with Gasteiger partial charge in [-0.15, -0.1) is 0 Å². The first-order chi connectivity index (χ1) is 6.60. The van der Waals surface area contributed by atoms with Crippen LogP contribution in [0.5, 0.6) is 0 Å². The molecule has 5 heteroatoms. The van der Waals surface area contributed by atoms with E-state index in [1.165, 1.54) is 11.8 Å². The second-order valence-electron chi connectivity index (χ2n) is 3.14. The third-order valence-electron chi connectivity index (χ3n) is 2.22. The van der Waals surface area contributed by atoms with Crippen LogP contribution in [0.2, 0.25) is 0 Å². The van der Waals surface area contributed by atoms with Crippen molar-refractivity contribution in [3.05, 3.63) is 0 Å². The van der Waals surface area contributed by atoms with Crippen molar-refractivity contribution in [2.24, 2.45) is 0 Å². The summed E-state index contributed by atoms with van der Waals surface area (Å²) in [5, 5.41) is -0.285. The zero-order valence-corrected chi connectivity index (χ0v) is 9.10. The van der Waals surface area contributed by atoms with Crippen molar-refractivity contribution in [3.8, 4) is 0 Å². The van der Waals surface area contributed by atoms with Gasteiger partial charge in [-0.1, -0.05) is 6.92 Å². The van der Waals surface area contributed by atoms with Crippen molar-refractivity contribution >= 4 is 29.4 Å². The molecule has 0 aromatic heterocycles. The van der Waals surface area contributed by atoms with Gasteiger partial charge in [-0.2, -0.15) is 11.8 Å². The van der Waals surface area contributed by atoms with E-state index in [4.69, 9.17) is 0 Å². The van der Waals surface area contributed by atoms with Gasteiger partial charge >= 0.3 is 0 Å². The molecule has 1 atom stereocenters. The van der Waals surface area contributed by atoms with E-state index in [0.717, 1.165) is 4.90 Å². The normalized spacial score (nSPS) is 21.9. The summed E-state index contributed by atoms with van der Waals surface area (Å²) in [6, 6.07) is 0. The molecule has 0 spiro atoms. The molecule has 0 N–H and O–H groups in total. The zero-order valence-electron chi connectivity index (χ0n) is 8.28. The molecule has 1 aliphatic rings. The lowest BCUT2D eigenvalue weighted by Gasteiger charge is -2.12. The standard InChI is InChI=1S/C9H13NO3S/c1-3-6(11)5-10-8(12)4-7(14-2)9(10)13/h7H,3-5H2,1-2H3. The molecule has 0 bridgehead atoms. The predicted octanol–water partition coefficient (Wildman–Crippen LogP) is 0.456. The Morgan fingerprint density at radius 3 is 2.64 bits per heavy atom. The minimum absolute atomic E-state index is 0.0504. The van der Waals surface area contributed by atoms with Gasteiger partial charge in [0.05, 0.1) is 11.8 Å². The first-order valence-corrected chi connectivity index (χ1v) is 5.77. The Bertz CT molecular complexity index is 277. The molecular weight excluding hydrogens is 202 g/mol. The second kappa shape index (κ2) is 4.59. The molecule has 0 aliphatic carbocycles. The van der Waals surface area contributed by atoms with E-state index in [-0.39, 0.29) is 35.8 Å². The number of imide groups is 1. The minimum atomic E-state index is -0.285. The lowest BCUT2D eigenvalue weighted by Crippen LogP contribution is -2.35. The lowest BCUT2D eigenvalue weighted by molar-refractivity contribution is -0.141. The highest BCUT2D eigenvalue weighted by atomic mass is 32.2. The molecule has 14 heavy (non-hydrogen) atoms. The number of carbonyl (C=O) groups is 3. The van der Waals surface area contributed by atoms with E-state index < -0.39 is 0 Å². The molecule has 2 amide bonds. The third kappa shape index (κ3) is 2.15. The van der Waals surface area contributed by atoms with Gasteiger partial charge in [-0.25, -0.2) is 0 Å². The van der Waals surface area contributed by atoms with Crippen LogP contribution in [0, 0.1) is 0 Å². The summed E-state index contributed by atoms with van der Waals surface area (Å²) in [4.78, 5) is 35.1. The molecule has 0 aromatic rings. The predicted molar refractivity (Wildman–Crippen MR) is 53.9 cm³/mol. The van der Waals surface area contributed by atoms with Crippen LogP contribution in [-0.2, 0) is 14.4 Å². The van der Waals surface area contributed by atoms with Gasteiger partial charge in [0.1, 0.15) is 0 Å². The molecule has 0 radical (unpaired) electrons. The van der Waals surface area contributed by atoms with E-state index in [9.17, 15) is 14.4 Å². The molecular formula is C9H13NO3S. The number of likely N-dealkylation sites (tertiary alicyclic amines) is 1. The van der Waals surface area contributed by atoms with E-state index in [2.05, 4.69) is 0 Å². The summed E-state index contributed by atoms with van der Waals surface area (Å²) >= 11 is 1.36. The van der Waals surface area contributed by atoms with E-state index in [1.807, 2.05) is 0 Å². The van der Waals surface area contributed by atoms with Crippen LogP contribution in [0.3, 0.4) is 0 Å².